The molecule has 1 aromatic rings. The van der Waals surface area contributed by atoms with Crippen molar-refractivity contribution in [2.24, 2.45) is 0 Å². The number of hydrogen-bond acceptors (Lipinski definition) is 0. The molecule has 0 bridgehead atoms. The molecule has 0 unspecified atom stereocenters. The lowest BCUT2D eigenvalue weighted by Crippen LogP contribution is -2.11. The molecule has 1 aromatic carbocycles. The molecule has 106 valence electrons. The third-order valence-electron chi connectivity index (χ3n) is 2.20. The molecule has 0 fully saturated rings. The smallest absolute Gasteiger partial charge is 0.166 e. The Kier molecular flexibility index (Phi) is 4.90. The summed E-state index contributed by atoms with van der Waals surface area (Å²) in [6, 6.07) is 1.43. The molecular formula is C12H9ClF6. The zero-order valence-corrected chi connectivity index (χ0v) is 10.2. The minimum Gasteiger partial charge on any atom is -0.166 e. The Morgan fingerprint density at radius 1 is 0.895 bits per heavy atom. The van der Waals surface area contributed by atoms with Gasteiger partial charge in [-0.25, -0.2) is 0 Å². The lowest BCUT2D eigenvalue weighted by atomic mass is 10.0. The van der Waals surface area contributed by atoms with E-state index in [1.807, 2.05) is 0 Å². The summed E-state index contributed by atoms with van der Waals surface area (Å²) in [5.41, 5.74) is -2.81. The summed E-state index contributed by atoms with van der Waals surface area (Å²) >= 11 is 5.36. The Morgan fingerprint density at radius 2 is 1.37 bits per heavy atom. The normalized spacial score (nSPS) is 13.2. The summed E-state index contributed by atoms with van der Waals surface area (Å²) in [6.45, 7) is 0. The maximum absolute atomic E-state index is 12.5. The quantitative estimate of drug-likeness (QED) is 0.520. The number of allylic oxidation sites excluding steroid dienone is 1. The van der Waals surface area contributed by atoms with Crippen molar-refractivity contribution in [1.82, 2.24) is 0 Å². The van der Waals surface area contributed by atoms with Crippen molar-refractivity contribution >= 4 is 17.7 Å². The first-order valence-corrected chi connectivity index (χ1v) is 5.70. The van der Waals surface area contributed by atoms with Gasteiger partial charge < -0.3 is 0 Å². The fourth-order valence-corrected chi connectivity index (χ4v) is 1.48. The summed E-state index contributed by atoms with van der Waals surface area (Å²) in [7, 11) is 0. The van der Waals surface area contributed by atoms with E-state index in [1.54, 1.807) is 0 Å². The molecule has 0 saturated heterocycles. The van der Waals surface area contributed by atoms with Gasteiger partial charge >= 0.3 is 12.4 Å². The van der Waals surface area contributed by atoms with Gasteiger partial charge in [-0.3, -0.25) is 0 Å². The van der Waals surface area contributed by atoms with E-state index in [0.717, 1.165) is 0 Å². The number of benzene rings is 1. The first-order chi connectivity index (χ1) is 8.64. The van der Waals surface area contributed by atoms with Crippen LogP contribution in [-0.2, 0) is 12.4 Å². The van der Waals surface area contributed by atoms with E-state index in [9.17, 15) is 26.3 Å². The molecule has 0 nitrogen and oxygen atoms in total. The number of alkyl halides is 7. The Labute approximate surface area is 110 Å². The average Bonchev–Trinajstić information content (AvgIpc) is 2.27. The highest BCUT2D eigenvalue weighted by molar-refractivity contribution is 6.17. The second-order valence-electron chi connectivity index (χ2n) is 3.72. The molecule has 0 atom stereocenters. The molecule has 0 aliphatic rings. The molecule has 0 aromatic heterocycles. The summed E-state index contributed by atoms with van der Waals surface area (Å²) < 4.78 is 75.1. The van der Waals surface area contributed by atoms with Crippen molar-refractivity contribution in [2.75, 3.05) is 5.88 Å². The van der Waals surface area contributed by atoms with Gasteiger partial charge in [0, 0.05) is 5.88 Å². The zero-order valence-electron chi connectivity index (χ0n) is 9.45. The summed E-state index contributed by atoms with van der Waals surface area (Å²) in [5, 5.41) is 0. The van der Waals surface area contributed by atoms with Gasteiger partial charge in [0.1, 0.15) is 0 Å². The molecule has 0 amide bonds. The molecule has 0 spiro atoms. The summed E-state index contributed by atoms with van der Waals surface area (Å²) in [4.78, 5) is 0. The van der Waals surface area contributed by atoms with Crippen molar-refractivity contribution in [3.05, 3.63) is 41.0 Å². The van der Waals surface area contributed by atoms with E-state index in [4.69, 9.17) is 11.6 Å². The minimum atomic E-state index is -4.82. The van der Waals surface area contributed by atoms with Crippen molar-refractivity contribution in [2.45, 2.75) is 18.8 Å². The maximum atomic E-state index is 12.5. The third-order valence-corrected chi connectivity index (χ3v) is 2.41. The lowest BCUT2D eigenvalue weighted by Gasteiger charge is -2.12. The largest absolute Gasteiger partial charge is 0.416 e. The Bertz CT molecular complexity index is 426. The van der Waals surface area contributed by atoms with Crippen LogP contribution in [0.1, 0.15) is 23.1 Å². The van der Waals surface area contributed by atoms with Crippen LogP contribution in [0.25, 0.3) is 6.08 Å². The van der Waals surface area contributed by atoms with Crippen LogP contribution in [0.15, 0.2) is 24.3 Å². The minimum absolute atomic E-state index is 0.0961. The van der Waals surface area contributed by atoms with Crippen molar-refractivity contribution in [1.29, 1.82) is 0 Å². The van der Waals surface area contributed by atoms with Crippen LogP contribution in [0.3, 0.4) is 0 Å². The second kappa shape index (κ2) is 5.86. The number of halogens is 7. The van der Waals surface area contributed by atoms with Crippen LogP contribution >= 0.6 is 11.6 Å². The monoisotopic (exact) mass is 302 g/mol. The van der Waals surface area contributed by atoms with E-state index < -0.39 is 23.5 Å². The van der Waals surface area contributed by atoms with E-state index in [1.165, 1.54) is 12.2 Å². The number of hydrogen-bond donors (Lipinski definition) is 0. The number of rotatable bonds is 3. The molecule has 0 radical (unpaired) electrons. The highest BCUT2D eigenvalue weighted by atomic mass is 35.5. The SMILES string of the molecule is FC(F)(F)c1cc(C=CCCCl)cc(C(F)(F)F)c1. The van der Waals surface area contributed by atoms with Crippen LogP contribution in [0.5, 0.6) is 0 Å². The van der Waals surface area contributed by atoms with Gasteiger partial charge in [0.15, 0.2) is 0 Å². The van der Waals surface area contributed by atoms with Gasteiger partial charge in [-0.2, -0.15) is 26.3 Å². The molecule has 19 heavy (non-hydrogen) atoms. The standard InChI is InChI=1S/C12H9ClF6/c13-4-2-1-3-8-5-9(11(14,15)16)7-10(6-8)12(17,18)19/h1,3,5-7H,2,4H2. The first kappa shape index (κ1) is 15.9. The molecule has 7 heteroatoms. The predicted octanol–water partition coefficient (Wildman–Crippen LogP) is 5.37. The Balaban J connectivity index is 3.25. The van der Waals surface area contributed by atoms with Gasteiger partial charge in [0.2, 0.25) is 0 Å². The third kappa shape index (κ3) is 4.78. The van der Waals surface area contributed by atoms with E-state index in [2.05, 4.69) is 0 Å². The fraction of sp³-hybridized carbons (Fsp3) is 0.333. The van der Waals surface area contributed by atoms with Gasteiger partial charge in [-0.1, -0.05) is 12.2 Å². The molecule has 0 aliphatic carbocycles. The van der Waals surface area contributed by atoms with Gasteiger partial charge in [0.05, 0.1) is 11.1 Å². The van der Waals surface area contributed by atoms with Gasteiger partial charge in [0.25, 0.3) is 0 Å². The molecule has 0 heterocycles. The Morgan fingerprint density at radius 3 is 1.74 bits per heavy atom. The van der Waals surface area contributed by atoms with Crippen LogP contribution in [0.4, 0.5) is 26.3 Å². The lowest BCUT2D eigenvalue weighted by molar-refractivity contribution is -0.143. The van der Waals surface area contributed by atoms with E-state index >= 15 is 0 Å². The van der Waals surface area contributed by atoms with Crippen LogP contribution in [-0.4, -0.2) is 5.88 Å². The predicted molar refractivity (Wildman–Crippen MR) is 60.8 cm³/mol. The van der Waals surface area contributed by atoms with Crippen molar-refractivity contribution in [3.8, 4) is 0 Å². The molecular weight excluding hydrogens is 294 g/mol. The zero-order chi connectivity index (χ0) is 14.7. The average molecular weight is 303 g/mol. The first-order valence-electron chi connectivity index (χ1n) is 5.16. The molecule has 0 N–H and O–H groups in total. The molecule has 0 aliphatic heterocycles. The van der Waals surface area contributed by atoms with Crippen LogP contribution in [0.2, 0.25) is 0 Å². The van der Waals surface area contributed by atoms with Gasteiger partial charge in [-0.15, -0.1) is 11.6 Å². The molecule has 0 saturated carbocycles. The van der Waals surface area contributed by atoms with E-state index in [0.29, 0.717) is 18.6 Å². The van der Waals surface area contributed by atoms with Crippen molar-refractivity contribution < 1.29 is 26.3 Å². The highest BCUT2D eigenvalue weighted by Gasteiger charge is 2.36. The Hall–Kier alpha value is -1.17. The van der Waals surface area contributed by atoms with Crippen molar-refractivity contribution in [3.63, 3.8) is 0 Å². The summed E-state index contributed by atoms with van der Waals surface area (Å²) in [5.74, 6) is 0.238. The van der Waals surface area contributed by atoms with Crippen LogP contribution in [0, 0.1) is 0 Å². The topological polar surface area (TPSA) is 0 Å². The van der Waals surface area contributed by atoms with Gasteiger partial charge in [-0.05, 0) is 30.2 Å². The molecule has 1 rings (SSSR count). The fourth-order valence-electron chi connectivity index (χ4n) is 1.36. The second-order valence-corrected chi connectivity index (χ2v) is 4.10. The van der Waals surface area contributed by atoms with Crippen LogP contribution < -0.4 is 0 Å². The highest BCUT2D eigenvalue weighted by Crippen LogP contribution is 2.36. The van der Waals surface area contributed by atoms with E-state index in [-0.39, 0.29) is 17.5 Å². The maximum Gasteiger partial charge on any atom is 0.416 e. The summed E-state index contributed by atoms with van der Waals surface area (Å²) in [6.07, 6.45) is -6.68.